The number of aryl methyl sites for hydroxylation is 1. The van der Waals surface area contributed by atoms with Crippen LogP contribution in [0.4, 0.5) is 0 Å². The molecular formula is C22H26ClN3. The molecule has 4 heteroatoms. The number of benzene rings is 2. The van der Waals surface area contributed by atoms with Crippen molar-refractivity contribution in [3.05, 3.63) is 88.7 Å². The molecule has 1 unspecified atom stereocenters. The number of hydrogen-bond acceptors (Lipinski definition) is 2. The number of fused-ring (bicyclic) bond motifs is 1. The number of nitrogens with one attached hydrogen (secondary N) is 1. The molecule has 0 saturated heterocycles. The van der Waals surface area contributed by atoms with Crippen LogP contribution in [-0.4, -0.2) is 9.78 Å². The van der Waals surface area contributed by atoms with Crippen molar-refractivity contribution in [3.63, 3.8) is 0 Å². The van der Waals surface area contributed by atoms with E-state index in [1.165, 1.54) is 40.8 Å². The molecule has 3 nitrogen and oxygen atoms in total. The molecule has 1 aliphatic rings. The summed E-state index contributed by atoms with van der Waals surface area (Å²) in [6, 6.07) is 19.6. The maximum absolute atomic E-state index is 4.69. The zero-order valence-electron chi connectivity index (χ0n) is 15.2. The molecule has 1 heterocycles. The van der Waals surface area contributed by atoms with E-state index in [4.69, 9.17) is 5.10 Å². The number of nitrogens with zero attached hydrogens (tertiary/aromatic N) is 2. The van der Waals surface area contributed by atoms with Gasteiger partial charge in [-0.1, -0.05) is 54.6 Å². The van der Waals surface area contributed by atoms with Gasteiger partial charge in [0, 0.05) is 23.8 Å². The second-order valence-corrected chi connectivity index (χ2v) is 6.94. The van der Waals surface area contributed by atoms with E-state index in [2.05, 4.69) is 77.7 Å². The van der Waals surface area contributed by atoms with Crippen LogP contribution < -0.4 is 5.32 Å². The quantitative estimate of drug-likeness (QED) is 0.700. The Bertz CT molecular complexity index is 842. The van der Waals surface area contributed by atoms with Crippen LogP contribution in [0.5, 0.6) is 0 Å². The summed E-state index contributed by atoms with van der Waals surface area (Å²) < 4.78 is 2.19. The first-order valence-corrected chi connectivity index (χ1v) is 9.17. The summed E-state index contributed by atoms with van der Waals surface area (Å²) in [5.74, 6) is 0. The lowest BCUT2D eigenvalue weighted by atomic mass is 9.92. The Morgan fingerprint density at radius 3 is 2.65 bits per heavy atom. The van der Waals surface area contributed by atoms with Gasteiger partial charge in [0.15, 0.2) is 0 Å². The fourth-order valence-corrected chi connectivity index (χ4v) is 3.76. The van der Waals surface area contributed by atoms with Crippen LogP contribution in [0.1, 0.15) is 46.8 Å². The van der Waals surface area contributed by atoms with Crippen molar-refractivity contribution in [2.45, 2.75) is 45.3 Å². The van der Waals surface area contributed by atoms with E-state index >= 15 is 0 Å². The van der Waals surface area contributed by atoms with Gasteiger partial charge in [0.1, 0.15) is 0 Å². The Hall–Kier alpha value is -2.10. The third kappa shape index (κ3) is 4.00. The van der Waals surface area contributed by atoms with Gasteiger partial charge < -0.3 is 5.32 Å². The zero-order valence-corrected chi connectivity index (χ0v) is 16.0. The van der Waals surface area contributed by atoms with Crippen molar-refractivity contribution in [1.82, 2.24) is 15.1 Å². The van der Waals surface area contributed by atoms with Crippen molar-refractivity contribution in [2.75, 3.05) is 0 Å². The minimum absolute atomic E-state index is 0. The summed E-state index contributed by atoms with van der Waals surface area (Å²) in [6.07, 6.45) is 5.62. The number of rotatable bonds is 5. The van der Waals surface area contributed by atoms with Gasteiger partial charge in [-0.15, -0.1) is 12.4 Å². The van der Waals surface area contributed by atoms with E-state index in [9.17, 15) is 0 Å². The van der Waals surface area contributed by atoms with Crippen molar-refractivity contribution in [1.29, 1.82) is 0 Å². The van der Waals surface area contributed by atoms with E-state index < -0.39 is 0 Å². The van der Waals surface area contributed by atoms with E-state index in [1.54, 1.807) is 0 Å². The maximum Gasteiger partial charge on any atom is 0.0662 e. The van der Waals surface area contributed by atoms with Gasteiger partial charge in [-0.25, -0.2) is 0 Å². The molecule has 0 amide bonds. The first-order chi connectivity index (χ1) is 12.3. The summed E-state index contributed by atoms with van der Waals surface area (Å²) in [5, 5.41) is 8.45. The lowest BCUT2D eigenvalue weighted by Gasteiger charge is -2.25. The molecule has 3 aromatic rings. The van der Waals surface area contributed by atoms with E-state index in [-0.39, 0.29) is 12.4 Å². The summed E-state index contributed by atoms with van der Waals surface area (Å²) >= 11 is 0. The lowest BCUT2D eigenvalue weighted by molar-refractivity contribution is 0.449. The van der Waals surface area contributed by atoms with Gasteiger partial charge in [-0.2, -0.15) is 5.10 Å². The molecule has 0 saturated carbocycles. The summed E-state index contributed by atoms with van der Waals surface area (Å²) in [6.45, 7) is 3.96. The first-order valence-electron chi connectivity index (χ1n) is 9.17. The molecule has 26 heavy (non-hydrogen) atoms. The van der Waals surface area contributed by atoms with Crippen molar-refractivity contribution in [3.8, 4) is 0 Å². The Labute approximate surface area is 161 Å². The second kappa shape index (κ2) is 8.52. The standard InChI is InChI=1S/C22H25N3.ClH/c1-17-8-5-6-11-19(17)14-23-21-12-7-13-22-20(21)15-24-25(22)16-18-9-3-2-4-10-18;/h2-6,8-11,15,21,23H,7,12-14,16H2,1H3;1H. The van der Waals surface area contributed by atoms with E-state index in [0.717, 1.165) is 19.5 Å². The molecule has 1 N–H and O–H groups in total. The minimum Gasteiger partial charge on any atom is -0.306 e. The Kier molecular flexibility index (Phi) is 6.12. The zero-order chi connectivity index (χ0) is 17.1. The monoisotopic (exact) mass is 367 g/mol. The highest BCUT2D eigenvalue weighted by molar-refractivity contribution is 5.85. The first kappa shape index (κ1) is 18.7. The molecule has 0 aliphatic heterocycles. The summed E-state index contributed by atoms with van der Waals surface area (Å²) in [5.41, 5.74) is 6.83. The van der Waals surface area contributed by atoms with Crippen LogP contribution in [0.3, 0.4) is 0 Å². The molecule has 1 atom stereocenters. The summed E-state index contributed by atoms with van der Waals surface area (Å²) in [7, 11) is 0. The number of hydrogen-bond donors (Lipinski definition) is 1. The van der Waals surface area contributed by atoms with Crippen LogP contribution in [0, 0.1) is 6.92 Å². The number of halogens is 1. The molecule has 1 aromatic heterocycles. The molecule has 0 radical (unpaired) electrons. The Morgan fingerprint density at radius 1 is 1.08 bits per heavy atom. The van der Waals surface area contributed by atoms with Crippen molar-refractivity contribution < 1.29 is 0 Å². The van der Waals surface area contributed by atoms with Crippen LogP contribution in [0.25, 0.3) is 0 Å². The van der Waals surface area contributed by atoms with E-state index in [0.29, 0.717) is 6.04 Å². The normalized spacial score (nSPS) is 16.0. The van der Waals surface area contributed by atoms with Crippen LogP contribution >= 0.6 is 12.4 Å². The van der Waals surface area contributed by atoms with Gasteiger partial charge >= 0.3 is 0 Å². The largest absolute Gasteiger partial charge is 0.306 e. The van der Waals surface area contributed by atoms with Gasteiger partial charge in [0.2, 0.25) is 0 Å². The molecule has 0 spiro atoms. The second-order valence-electron chi connectivity index (χ2n) is 6.94. The number of aromatic nitrogens is 2. The minimum atomic E-state index is 0. The van der Waals surface area contributed by atoms with E-state index in [1.807, 2.05) is 0 Å². The molecule has 4 rings (SSSR count). The molecule has 2 aromatic carbocycles. The molecule has 0 bridgehead atoms. The highest BCUT2D eigenvalue weighted by atomic mass is 35.5. The predicted molar refractivity (Wildman–Crippen MR) is 109 cm³/mol. The average molecular weight is 368 g/mol. The fraction of sp³-hybridized carbons (Fsp3) is 0.318. The Morgan fingerprint density at radius 2 is 1.85 bits per heavy atom. The van der Waals surface area contributed by atoms with Crippen LogP contribution in [0.15, 0.2) is 60.8 Å². The topological polar surface area (TPSA) is 29.9 Å². The van der Waals surface area contributed by atoms with Gasteiger partial charge in [0.05, 0.1) is 12.7 Å². The third-order valence-electron chi connectivity index (χ3n) is 5.24. The maximum atomic E-state index is 4.69. The smallest absolute Gasteiger partial charge is 0.0662 e. The molecule has 136 valence electrons. The summed E-state index contributed by atoms with van der Waals surface area (Å²) in [4.78, 5) is 0. The molecule has 0 fully saturated rings. The van der Waals surface area contributed by atoms with Crippen molar-refractivity contribution in [2.24, 2.45) is 0 Å². The van der Waals surface area contributed by atoms with Crippen molar-refractivity contribution >= 4 is 12.4 Å². The highest BCUT2D eigenvalue weighted by Crippen LogP contribution is 2.30. The fourth-order valence-electron chi connectivity index (χ4n) is 3.76. The molecular weight excluding hydrogens is 342 g/mol. The van der Waals surface area contributed by atoms with Gasteiger partial charge in [-0.3, -0.25) is 4.68 Å². The molecule has 1 aliphatic carbocycles. The third-order valence-corrected chi connectivity index (χ3v) is 5.24. The highest BCUT2D eigenvalue weighted by Gasteiger charge is 2.24. The van der Waals surface area contributed by atoms with Gasteiger partial charge in [-0.05, 0) is 42.9 Å². The van der Waals surface area contributed by atoms with Gasteiger partial charge in [0.25, 0.3) is 0 Å². The Balaban J connectivity index is 0.00000196. The average Bonchev–Trinajstić information content (AvgIpc) is 3.05. The lowest BCUT2D eigenvalue weighted by Crippen LogP contribution is -2.25. The SMILES string of the molecule is Cc1ccccc1CNC1CCCc2c1cnn2Cc1ccccc1.Cl. The predicted octanol–water partition coefficient (Wildman–Crippen LogP) is 4.83. The van der Waals surface area contributed by atoms with Crippen LogP contribution in [0.2, 0.25) is 0 Å². The van der Waals surface area contributed by atoms with Crippen LogP contribution in [-0.2, 0) is 19.5 Å².